The van der Waals surface area contributed by atoms with E-state index in [1.54, 1.807) is 26.0 Å². The van der Waals surface area contributed by atoms with Crippen molar-refractivity contribution in [2.45, 2.75) is 12.5 Å². The predicted molar refractivity (Wildman–Crippen MR) is 52.7 cm³/mol. The number of likely N-dealkylation sites (N-methyl/N-ethyl adjacent to an activating group) is 1. The number of hydrogen-bond donors (Lipinski definition) is 1. The summed E-state index contributed by atoms with van der Waals surface area (Å²) >= 11 is 0. The molecular weight excluding hydrogens is 182 g/mol. The maximum atomic E-state index is 11.6. The lowest BCUT2D eigenvalue weighted by Crippen LogP contribution is -2.54. The molecule has 1 fully saturated rings. The highest BCUT2D eigenvalue weighted by Gasteiger charge is 2.28. The molecule has 1 saturated heterocycles. The summed E-state index contributed by atoms with van der Waals surface area (Å²) in [6, 6.07) is -0.344. The lowest BCUT2D eigenvalue weighted by molar-refractivity contribution is -0.139. The van der Waals surface area contributed by atoms with E-state index in [-0.39, 0.29) is 24.3 Å². The highest BCUT2D eigenvalue weighted by Crippen LogP contribution is 2.04. The molecule has 1 aliphatic heterocycles. The molecule has 0 aromatic carbocycles. The van der Waals surface area contributed by atoms with Crippen molar-refractivity contribution in [3.8, 4) is 0 Å². The first-order valence-electron chi connectivity index (χ1n) is 4.71. The van der Waals surface area contributed by atoms with Gasteiger partial charge in [-0.2, -0.15) is 0 Å². The van der Waals surface area contributed by atoms with Gasteiger partial charge in [0, 0.05) is 34.2 Å². The molecule has 0 spiro atoms. The van der Waals surface area contributed by atoms with Crippen LogP contribution < -0.4 is 5.32 Å². The molecule has 2 amide bonds. The van der Waals surface area contributed by atoms with Crippen LogP contribution in [0, 0.1) is 0 Å². The summed E-state index contributed by atoms with van der Waals surface area (Å²) in [5.74, 6) is -0.0161. The topological polar surface area (TPSA) is 52.7 Å². The maximum Gasteiger partial charge on any atom is 0.240 e. The van der Waals surface area contributed by atoms with Crippen molar-refractivity contribution in [1.82, 2.24) is 15.1 Å². The molecule has 0 aromatic heterocycles. The van der Waals surface area contributed by atoms with Crippen LogP contribution in [0.15, 0.2) is 0 Å². The third-order valence-corrected chi connectivity index (χ3v) is 2.39. The highest BCUT2D eigenvalue weighted by atomic mass is 16.2. The molecule has 5 nitrogen and oxygen atoms in total. The Balaban J connectivity index is 2.51. The van der Waals surface area contributed by atoms with Crippen LogP contribution in [-0.2, 0) is 9.59 Å². The lowest BCUT2D eigenvalue weighted by atomic mass is 10.1. The Kier molecular flexibility index (Phi) is 3.46. The number of hydrogen-bond acceptors (Lipinski definition) is 3. The minimum atomic E-state index is -0.344. The summed E-state index contributed by atoms with van der Waals surface area (Å²) < 4.78 is 0. The van der Waals surface area contributed by atoms with Crippen LogP contribution in [0.25, 0.3) is 0 Å². The Bertz CT molecular complexity index is 240. The molecule has 0 aromatic rings. The second kappa shape index (κ2) is 4.41. The van der Waals surface area contributed by atoms with E-state index in [4.69, 9.17) is 0 Å². The van der Waals surface area contributed by atoms with E-state index < -0.39 is 0 Å². The Morgan fingerprint density at radius 2 is 2.29 bits per heavy atom. The molecular formula is C9H17N3O2. The smallest absolute Gasteiger partial charge is 0.240 e. The van der Waals surface area contributed by atoms with Gasteiger partial charge >= 0.3 is 0 Å². The fraction of sp³-hybridized carbons (Fsp3) is 0.778. The van der Waals surface area contributed by atoms with Crippen molar-refractivity contribution in [2.75, 3.05) is 34.2 Å². The van der Waals surface area contributed by atoms with Crippen molar-refractivity contribution < 1.29 is 9.59 Å². The molecule has 0 radical (unpaired) electrons. The van der Waals surface area contributed by atoms with Gasteiger partial charge in [-0.3, -0.25) is 9.59 Å². The lowest BCUT2D eigenvalue weighted by Gasteiger charge is -2.30. The van der Waals surface area contributed by atoms with Crippen LogP contribution in [0.4, 0.5) is 0 Å². The van der Waals surface area contributed by atoms with E-state index in [9.17, 15) is 9.59 Å². The van der Waals surface area contributed by atoms with E-state index in [2.05, 4.69) is 5.32 Å². The van der Waals surface area contributed by atoms with Gasteiger partial charge in [0.15, 0.2) is 0 Å². The van der Waals surface area contributed by atoms with E-state index in [1.165, 1.54) is 4.90 Å². The van der Waals surface area contributed by atoms with Crippen molar-refractivity contribution in [3.05, 3.63) is 0 Å². The number of nitrogens with zero attached hydrogens (tertiary/aromatic N) is 2. The second-order valence-electron chi connectivity index (χ2n) is 3.76. The number of nitrogens with one attached hydrogen (secondary N) is 1. The molecule has 1 atom stereocenters. The Hall–Kier alpha value is -1.10. The van der Waals surface area contributed by atoms with Gasteiger partial charge in [0.25, 0.3) is 0 Å². The van der Waals surface area contributed by atoms with E-state index in [1.807, 2.05) is 0 Å². The number of carbonyl (C=O) groups excluding carboxylic acids is 2. The monoisotopic (exact) mass is 199 g/mol. The van der Waals surface area contributed by atoms with Gasteiger partial charge in [-0.1, -0.05) is 0 Å². The van der Waals surface area contributed by atoms with E-state index >= 15 is 0 Å². The molecule has 1 heterocycles. The molecule has 14 heavy (non-hydrogen) atoms. The SMILES string of the molecule is CN(C)C(=O)CC1NCCN(C)C1=O. The van der Waals surface area contributed by atoms with E-state index in [0.717, 1.165) is 6.54 Å². The van der Waals surface area contributed by atoms with Crippen molar-refractivity contribution in [3.63, 3.8) is 0 Å². The normalized spacial score (nSPS) is 22.4. The molecule has 80 valence electrons. The molecule has 1 N–H and O–H groups in total. The average molecular weight is 199 g/mol. The Morgan fingerprint density at radius 1 is 1.64 bits per heavy atom. The quantitative estimate of drug-likeness (QED) is 0.614. The molecule has 1 rings (SSSR count). The minimum Gasteiger partial charge on any atom is -0.349 e. The van der Waals surface area contributed by atoms with Gasteiger partial charge in [-0.05, 0) is 0 Å². The molecule has 0 saturated carbocycles. The van der Waals surface area contributed by atoms with Crippen LogP contribution in [0.2, 0.25) is 0 Å². The highest BCUT2D eigenvalue weighted by molar-refractivity contribution is 5.88. The minimum absolute atomic E-state index is 0.00597. The van der Waals surface area contributed by atoms with Gasteiger partial charge in [0.05, 0.1) is 12.5 Å². The zero-order chi connectivity index (χ0) is 10.7. The van der Waals surface area contributed by atoms with Gasteiger partial charge in [-0.15, -0.1) is 0 Å². The van der Waals surface area contributed by atoms with Crippen molar-refractivity contribution >= 4 is 11.8 Å². The number of piperazine rings is 1. The van der Waals surface area contributed by atoms with Gasteiger partial charge in [0.2, 0.25) is 11.8 Å². The predicted octanol–water partition coefficient (Wildman–Crippen LogP) is -1.11. The molecule has 5 heteroatoms. The van der Waals surface area contributed by atoms with Crippen LogP contribution >= 0.6 is 0 Å². The number of rotatable bonds is 2. The third-order valence-electron chi connectivity index (χ3n) is 2.39. The largest absolute Gasteiger partial charge is 0.349 e. The standard InChI is InChI=1S/C9H17N3O2/c1-11(2)8(13)6-7-9(14)12(3)5-4-10-7/h7,10H,4-6H2,1-3H3. The van der Waals surface area contributed by atoms with Crippen molar-refractivity contribution in [2.24, 2.45) is 0 Å². The first-order chi connectivity index (χ1) is 6.52. The summed E-state index contributed by atoms with van der Waals surface area (Å²) in [6.07, 6.45) is 0.246. The van der Waals surface area contributed by atoms with Gasteiger partial charge in [-0.25, -0.2) is 0 Å². The molecule has 0 bridgehead atoms. The fourth-order valence-electron chi connectivity index (χ4n) is 1.39. The van der Waals surface area contributed by atoms with Gasteiger partial charge in [0.1, 0.15) is 0 Å². The van der Waals surface area contributed by atoms with Gasteiger partial charge < -0.3 is 15.1 Å². The average Bonchev–Trinajstić information content (AvgIpc) is 2.12. The van der Waals surface area contributed by atoms with Crippen LogP contribution in [-0.4, -0.2) is 61.9 Å². The third kappa shape index (κ3) is 2.45. The summed E-state index contributed by atoms with van der Waals surface area (Å²) in [7, 11) is 5.15. The molecule has 1 aliphatic rings. The zero-order valence-electron chi connectivity index (χ0n) is 8.91. The Labute approximate surface area is 84.0 Å². The molecule has 1 unspecified atom stereocenters. The summed E-state index contributed by atoms with van der Waals surface area (Å²) in [5.41, 5.74) is 0. The Morgan fingerprint density at radius 3 is 2.86 bits per heavy atom. The summed E-state index contributed by atoms with van der Waals surface area (Å²) in [5, 5.41) is 3.05. The first-order valence-corrected chi connectivity index (χ1v) is 4.71. The van der Waals surface area contributed by atoms with Crippen LogP contribution in [0.1, 0.15) is 6.42 Å². The number of carbonyl (C=O) groups is 2. The second-order valence-corrected chi connectivity index (χ2v) is 3.76. The fourth-order valence-corrected chi connectivity index (χ4v) is 1.39. The van der Waals surface area contributed by atoms with Crippen LogP contribution in [0.5, 0.6) is 0 Å². The maximum absolute atomic E-state index is 11.6. The van der Waals surface area contributed by atoms with Crippen LogP contribution in [0.3, 0.4) is 0 Å². The van der Waals surface area contributed by atoms with Crippen molar-refractivity contribution in [1.29, 1.82) is 0 Å². The summed E-state index contributed by atoms with van der Waals surface area (Å²) in [6.45, 7) is 1.47. The number of amides is 2. The van der Waals surface area contributed by atoms with E-state index in [0.29, 0.717) is 6.54 Å². The first kappa shape index (κ1) is 11.0. The zero-order valence-corrected chi connectivity index (χ0v) is 8.91. The summed E-state index contributed by atoms with van der Waals surface area (Å²) in [4.78, 5) is 26.1. The molecule has 0 aliphatic carbocycles.